The van der Waals surface area contributed by atoms with E-state index < -0.39 is 5.97 Å². The van der Waals surface area contributed by atoms with Crippen LogP contribution in [0.5, 0.6) is 17.4 Å². The summed E-state index contributed by atoms with van der Waals surface area (Å²) >= 11 is 0. The lowest BCUT2D eigenvalue weighted by Gasteiger charge is -2.08. The number of rotatable bonds is 8. The molecule has 0 saturated carbocycles. The Hall–Kier alpha value is -4.15. The van der Waals surface area contributed by atoms with E-state index in [1.54, 1.807) is 17.9 Å². The highest BCUT2D eigenvalue weighted by Gasteiger charge is 2.15. The van der Waals surface area contributed by atoms with Gasteiger partial charge in [-0.1, -0.05) is 6.07 Å². The number of carboxylic acid groups (broad SMARTS) is 1. The number of hydrogen-bond acceptors (Lipinski definition) is 8. The second-order valence-electron chi connectivity index (χ2n) is 6.31. The molecule has 0 amide bonds. The number of carboxylic acids is 1. The Morgan fingerprint density at radius 3 is 2.77 bits per heavy atom. The summed E-state index contributed by atoms with van der Waals surface area (Å²) in [6.45, 7) is 0.925. The normalized spacial score (nSPS) is 11.0. The molecule has 0 aliphatic rings. The SMILES string of the molecule is COc1cccc(OCCCn2ncc3nc(-n4cc(C(=O)O)cn4)nc(O)c32)c1. The number of ether oxygens (including phenoxy) is 2. The predicted octanol–water partition coefficient (Wildman–Crippen LogP) is 1.89. The second-order valence-corrected chi connectivity index (χ2v) is 6.31. The van der Waals surface area contributed by atoms with E-state index in [4.69, 9.17) is 14.6 Å². The number of carbonyl (C=O) groups is 1. The Bertz CT molecular complexity index is 1200. The minimum absolute atomic E-state index is 0.00934. The highest BCUT2D eigenvalue weighted by Crippen LogP contribution is 2.23. The average molecular weight is 410 g/mol. The summed E-state index contributed by atoms with van der Waals surface area (Å²) in [6, 6.07) is 7.33. The molecule has 0 aliphatic heterocycles. The monoisotopic (exact) mass is 410 g/mol. The number of methoxy groups -OCH3 is 1. The lowest BCUT2D eigenvalue weighted by Crippen LogP contribution is -2.07. The van der Waals surface area contributed by atoms with Gasteiger partial charge in [0.15, 0.2) is 0 Å². The van der Waals surface area contributed by atoms with E-state index in [-0.39, 0.29) is 17.4 Å². The van der Waals surface area contributed by atoms with Crippen molar-refractivity contribution in [3.8, 4) is 23.3 Å². The van der Waals surface area contributed by atoms with Crippen molar-refractivity contribution in [2.75, 3.05) is 13.7 Å². The number of aromatic hydroxyl groups is 1. The van der Waals surface area contributed by atoms with E-state index in [1.165, 1.54) is 23.3 Å². The van der Waals surface area contributed by atoms with Crippen molar-refractivity contribution in [3.63, 3.8) is 0 Å². The van der Waals surface area contributed by atoms with Gasteiger partial charge in [-0.3, -0.25) is 4.68 Å². The van der Waals surface area contributed by atoms with Crippen LogP contribution in [0.1, 0.15) is 16.8 Å². The molecular weight excluding hydrogens is 392 g/mol. The third-order valence-electron chi connectivity index (χ3n) is 4.32. The zero-order valence-electron chi connectivity index (χ0n) is 16.0. The lowest BCUT2D eigenvalue weighted by molar-refractivity contribution is 0.0697. The molecule has 11 heteroatoms. The molecule has 4 rings (SSSR count). The minimum Gasteiger partial charge on any atom is -0.497 e. The van der Waals surface area contributed by atoms with Crippen LogP contribution in [-0.2, 0) is 6.54 Å². The summed E-state index contributed by atoms with van der Waals surface area (Å²) in [5.74, 6) is 0.0871. The topological polar surface area (TPSA) is 137 Å². The van der Waals surface area contributed by atoms with E-state index in [2.05, 4.69) is 20.2 Å². The Kier molecular flexibility index (Phi) is 5.16. The number of aryl methyl sites for hydroxylation is 1. The molecule has 3 heterocycles. The third-order valence-corrected chi connectivity index (χ3v) is 4.32. The largest absolute Gasteiger partial charge is 0.497 e. The van der Waals surface area contributed by atoms with Gasteiger partial charge in [0.05, 0.1) is 31.7 Å². The van der Waals surface area contributed by atoms with Crippen LogP contribution in [0.25, 0.3) is 17.0 Å². The zero-order valence-corrected chi connectivity index (χ0v) is 16.0. The van der Waals surface area contributed by atoms with Crippen molar-refractivity contribution < 1.29 is 24.5 Å². The van der Waals surface area contributed by atoms with Gasteiger partial charge < -0.3 is 19.7 Å². The standard InChI is InChI=1S/C19H18N6O5/c1-29-13-4-2-5-14(8-13)30-7-3-6-24-16-15(10-21-24)22-19(23-17(16)26)25-11-12(9-20-25)18(27)28/h2,4-5,8-11H,3,6-7H2,1H3,(H,27,28)(H,22,23,26). The fourth-order valence-corrected chi connectivity index (χ4v) is 2.88. The molecule has 4 aromatic rings. The van der Waals surface area contributed by atoms with Crippen LogP contribution in [-0.4, -0.2) is 59.4 Å². The van der Waals surface area contributed by atoms with Gasteiger partial charge in [-0.05, 0) is 12.1 Å². The minimum atomic E-state index is -1.12. The van der Waals surface area contributed by atoms with Crippen molar-refractivity contribution in [2.45, 2.75) is 13.0 Å². The number of aromatic carboxylic acids is 1. The van der Waals surface area contributed by atoms with Crippen LogP contribution in [0.15, 0.2) is 42.9 Å². The van der Waals surface area contributed by atoms with Crippen LogP contribution in [0, 0.1) is 0 Å². The second kappa shape index (κ2) is 8.07. The Labute approximate surface area is 170 Å². The summed E-state index contributed by atoms with van der Waals surface area (Å²) in [6.07, 6.45) is 4.59. The van der Waals surface area contributed by atoms with Crippen molar-refractivity contribution in [2.24, 2.45) is 0 Å². The molecule has 0 atom stereocenters. The highest BCUT2D eigenvalue weighted by atomic mass is 16.5. The molecule has 0 aliphatic carbocycles. The van der Waals surface area contributed by atoms with E-state index in [0.717, 1.165) is 5.75 Å². The van der Waals surface area contributed by atoms with Crippen molar-refractivity contribution >= 4 is 17.0 Å². The zero-order chi connectivity index (χ0) is 21.1. The predicted molar refractivity (Wildman–Crippen MR) is 104 cm³/mol. The molecule has 1 aromatic carbocycles. The molecular formula is C19H18N6O5. The number of aromatic nitrogens is 6. The van der Waals surface area contributed by atoms with Gasteiger partial charge in [0, 0.05) is 25.2 Å². The van der Waals surface area contributed by atoms with Crippen molar-refractivity contribution in [1.29, 1.82) is 0 Å². The smallest absolute Gasteiger partial charge is 0.338 e. The van der Waals surface area contributed by atoms with Gasteiger partial charge in [0.25, 0.3) is 5.95 Å². The first-order chi connectivity index (χ1) is 14.5. The van der Waals surface area contributed by atoms with E-state index >= 15 is 0 Å². The molecule has 3 aromatic heterocycles. The fourth-order valence-electron chi connectivity index (χ4n) is 2.88. The number of hydrogen-bond donors (Lipinski definition) is 2. The Morgan fingerprint density at radius 2 is 2.00 bits per heavy atom. The molecule has 11 nitrogen and oxygen atoms in total. The molecule has 0 bridgehead atoms. The fraction of sp³-hybridized carbons (Fsp3) is 0.211. The summed E-state index contributed by atoms with van der Waals surface area (Å²) in [7, 11) is 1.60. The van der Waals surface area contributed by atoms with Crippen LogP contribution >= 0.6 is 0 Å². The van der Waals surface area contributed by atoms with Gasteiger partial charge in [-0.15, -0.1) is 0 Å². The van der Waals surface area contributed by atoms with E-state index in [0.29, 0.717) is 36.4 Å². The van der Waals surface area contributed by atoms with E-state index in [9.17, 15) is 9.90 Å². The van der Waals surface area contributed by atoms with Crippen molar-refractivity contribution in [3.05, 3.63) is 48.4 Å². The van der Waals surface area contributed by atoms with Gasteiger partial charge in [-0.25, -0.2) is 14.5 Å². The van der Waals surface area contributed by atoms with Crippen LogP contribution in [0.2, 0.25) is 0 Å². The molecule has 0 spiro atoms. The molecule has 2 N–H and O–H groups in total. The maximum absolute atomic E-state index is 11.0. The number of benzene rings is 1. The molecule has 0 unspecified atom stereocenters. The summed E-state index contributed by atoms with van der Waals surface area (Å²) in [4.78, 5) is 19.3. The molecule has 0 radical (unpaired) electrons. The van der Waals surface area contributed by atoms with E-state index in [1.807, 2.05) is 18.2 Å². The molecule has 0 fully saturated rings. The third kappa shape index (κ3) is 3.85. The van der Waals surface area contributed by atoms with Gasteiger partial charge in [0.2, 0.25) is 5.88 Å². The lowest BCUT2D eigenvalue weighted by atomic mass is 10.3. The first-order valence-electron chi connectivity index (χ1n) is 9.03. The quantitative estimate of drug-likeness (QED) is 0.417. The summed E-state index contributed by atoms with van der Waals surface area (Å²) in [5, 5.41) is 27.5. The Balaban J connectivity index is 1.45. The maximum atomic E-state index is 11.0. The number of nitrogens with zero attached hydrogens (tertiary/aromatic N) is 6. The average Bonchev–Trinajstić information content (AvgIpc) is 3.39. The summed E-state index contributed by atoms with van der Waals surface area (Å²) < 4.78 is 13.7. The van der Waals surface area contributed by atoms with Crippen LogP contribution in [0.4, 0.5) is 0 Å². The van der Waals surface area contributed by atoms with Gasteiger partial charge in [-0.2, -0.15) is 15.2 Å². The highest BCUT2D eigenvalue weighted by molar-refractivity contribution is 5.87. The molecule has 30 heavy (non-hydrogen) atoms. The molecule has 0 saturated heterocycles. The van der Waals surface area contributed by atoms with Crippen LogP contribution < -0.4 is 9.47 Å². The summed E-state index contributed by atoms with van der Waals surface area (Å²) in [5.41, 5.74) is 0.786. The van der Waals surface area contributed by atoms with Gasteiger partial charge in [0.1, 0.15) is 22.5 Å². The van der Waals surface area contributed by atoms with Gasteiger partial charge >= 0.3 is 5.97 Å². The molecule has 154 valence electrons. The van der Waals surface area contributed by atoms with Crippen molar-refractivity contribution in [1.82, 2.24) is 29.5 Å². The van der Waals surface area contributed by atoms with Crippen LogP contribution in [0.3, 0.4) is 0 Å². The first kappa shape index (κ1) is 19.2. The maximum Gasteiger partial charge on any atom is 0.338 e. The first-order valence-corrected chi connectivity index (χ1v) is 9.03. The number of fused-ring (bicyclic) bond motifs is 1. The Morgan fingerprint density at radius 1 is 1.17 bits per heavy atom.